The molecule has 0 aliphatic carbocycles. The van der Waals surface area contributed by atoms with Gasteiger partial charge in [0, 0.05) is 24.8 Å². The first-order valence-electron chi connectivity index (χ1n) is 7.07. The molecule has 3 aromatic heterocycles. The van der Waals surface area contributed by atoms with E-state index >= 15 is 0 Å². The number of nitrogens with zero attached hydrogens (tertiary/aromatic N) is 3. The number of hydrogen-bond acceptors (Lipinski definition) is 3. The Morgan fingerprint density at radius 1 is 0.864 bits per heavy atom. The standard InChI is InChI=1S/C13H12N2.C6H7N/c1-10(2)11-6-8-15-13(9-11)12-5-3-4-7-14-12;1-6-2-4-7-5-3-6/h3-9H,1H2,2H3;2-5H,1H3. The van der Waals surface area contributed by atoms with Crippen molar-refractivity contribution in [1.82, 2.24) is 15.0 Å². The van der Waals surface area contributed by atoms with E-state index in [9.17, 15) is 0 Å². The molecule has 0 aromatic carbocycles. The predicted octanol–water partition coefficient (Wildman–Crippen LogP) is 4.57. The molecule has 0 spiro atoms. The van der Waals surface area contributed by atoms with Gasteiger partial charge in [-0.1, -0.05) is 18.2 Å². The van der Waals surface area contributed by atoms with E-state index < -0.39 is 0 Å². The molecule has 3 heterocycles. The molecule has 3 nitrogen and oxygen atoms in total. The third-order valence-corrected chi connectivity index (χ3v) is 3.03. The van der Waals surface area contributed by atoms with Gasteiger partial charge in [-0.25, -0.2) is 0 Å². The highest BCUT2D eigenvalue weighted by atomic mass is 14.8. The first-order chi connectivity index (χ1) is 10.7. The van der Waals surface area contributed by atoms with Crippen molar-refractivity contribution >= 4 is 5.57 Å². The maximum absolute atomic E-state index is 4.29. The molecule has 0 saturated carbocycles. The molecule has 22 heavy (non-hydrogen) atoms. The summed E-state index contributed by atoms with van der Waals surface area (Å²) in [6.07, 6.45) is 7.13. The molecule has 0 aliphatic rings. The van der Waals surface area contributed by atoms with Crippen molar-refractivity contribution in [3.05, 3.63) is 85.0 Å². The summed E-state index contributed by atoms with van der Waals surface area (Å²) in [5.74, 6) is 0. The van der Waals surface area contributed by atoms with E-state index in [4.69, 9.17) is 0 Å². The van der Waals surface area contributed by atoms with Crippen LogP contribution >= 0.6 is 0 Å². The smallest absolute Gasteiger partial charge is 0.0892 e. The van der Waals surface area contributed by atoms with Gasteiger partial charge < -0.3 is 0 Å². The topological polar surface area (TPSA) is 38.7 Å². The average Bonchev–Trinajstić information content (AvgIpc) is 2.57. The molecule has 0 radical (unpaired) electrons. The van der Waals surface area contributed by atoms with E-state index in [-0.39, 0.29) is 0 Å². The Morgan fingerprint density at radius 3 is 2.14 bits per heavy atom. The molecule has 0 atom stereocenters. The molecule has 3 rings (SSSR count). The summed E-state index contributed by atoms with van der Waals surface area (Å²) in [5, 5.41) is 0. The van der Waals surface area contributed by atoms with Crippen LogP contribution in [0.5, 0.6) is 0 Å². The monoisotopic (exact) mass is 289 g/mol. The Labute approximate surface area is 131 Å². The lowest BCUT2D eigenvalue weighted by molar-refractivity contribution is 1.24. The van der Waals surface area contributed by atoms with E-state index in [2.05, 4.69) is 21.5 Å². The Balaban J connectivity index is 0.000000211. The average molecular weight is 289 g/mol. The Kier molecular flexibility index (Phi) is 5.55. The molecule has 0 unspecified atom stereocenters. The van der Waals surface area contributed by atoms with Crippen LogP contribution in [0, 0.1) is 6.92 Å². The molecule has 0 aliphatic heterocycles. The maximum atomic E-state index is 4.29. The van der Waals surface area contributed by atoms with Crippen LogP contribution in [0.15, 0.2) is 73.8 Å². The minimum absolute atomic E-state index is 0.885. The molecule has 0 fully saturated rings. The quantitative estimate of drug-likeness (QED) is 0.694. The molecule has 3 aromatic rings. The van der Waals surface area contributed by atoms with Gasteiger partial charge in [0.05, 0.1) is 11.4 Å². The zero-order chi connectivity index (χ0) is 15.8. The second kappa shape index (κ2) is 7.84. The number of allylic oxidation sites excluding steroid dienone is 1. The fourth-order valence-electron chi connectivity index (χ4n) is 1.78. The van der Waals surface area contributed by atoms with Crippen LogP contribution in [0.1, 0.15) is 18.1 Å². The number of pyridine rings is 3. The third-order valence-electron chi connectivity index (χ3n) is 3.03. The minimum atomic E-state index is 0.885. The van der Waals surface area contributed by atoms with E-state index in [0.29, 0.717) is 0 Å². The van der Waals surface area contributed by atoms with Crippen LogP contribution in [0.25, 0.3) is 17.0 Å². The van der Waals surface area contributed by atoms with Crippen LogP contribution in [0.4, 0.5) is 0 Å². The van der Waals surface area contributed by atoms with Crippen molar-refractivity contribution in [3.8, 4) is 11.4 Å². The first kappa shape index (κ1) is 15.6. The Morgan fingerprint density at radius 2 is 1.59 bits per heavy atom. The van der Waals surface area contributed by atoms with Crippen LogP contribution < -0.4 is 0 Å². The summed E-state index contributed by atoms with van der Waals surface area (Å²) in [5.41, 5.74) is 5.17. The lowest BCUT2D eigenvalue weighted by atomic mass is 10.1. The summed E-state index contributed by atoms with van der Waals surface area (Å²) < 4.78 is 0. The highest BCUT2D eigenvalue weighted by molar-refractivity contribution is 5.66. The summed E-state index contributed by atoms with van der Waals surface area (Å²) >= 11 is 0. The fourth-order valence-corrected chi connectivity index (χ4v) is 1.78. The van der Waals surface area contributed by atoms with E-state index in [1.54, 1.807) is 24.8 Å². The van der Waals surface area contributed by atoms with Crippen molar-refractivity contribution < 1.29 is 0 Å². The zero-order valence-electron chi connectivity index (χ0n) is 12.9. The minimum Gasteiger partial charge on any atom is -0.265 e. The first-order valence-corrected chi connectivity index (χ1v) is 7.07. The van der Waals surface area contributed by atoms with Gasteiger partial charge in [-0.2, -0.15) is 0 Å². The highest BCUT2D eigenvalue weighted by Gasteiger charge is 2.01. The maximum Gasteiger partial charge on any atom is 0.0892 e. The van der Waals surface area contributed by atoms with Crippen LogP contribution in [-0.4, -0.2) is 15.0 Å². The molecular formula is C19H19N3. The van der Waals surface area contributed by atoms with Crippen molar-refractivity contribution in [2.45, 2.75) is 13.8 Å². The predicted molar refractivity (Wildman–Crippen MR) is 91.2 cm³/mol. The molecule has 0 saturated heterocycles. The van der Waals surface area contributed by atoms with Gasteiger partial charge in [0.2, 0.25) is 0 Å². The van der Waals surface area contributed by atoms with E-state index in [0.717, 1.165) is 22.5 Å². The summed E-state index contributed by atoms with van der Waals surface area (Å²) in [6, 6.07) is 13.7. The molecule has 0 N–H and O–H groups in total. The summed E-state index contributed by atoms with van der Waals surface area (Å²) in [4.78, 5) is 12.4. The Hall–Kier alpha value is -2.81. The molecule has 110 valence electrons. The van der Waals surface area contributed by atoms with Gasteiger partial charge in [-0.3, -0.25) is 15.0 Å². The molecule has 0 bridgehead atoms. The van der Waals surface area contributed by atoms with Gasteiger partial charge in [0.1, 0.15) is 0 Å². The normalized spacial score (nSPS) is 9.55. The number of hydrogen-bond donors (Lipinski definition) is 0. The van der Waals surface area contributed by atoms with Crippen LogP contribution in [0.2, 0.25) is 0 Å². The van der Waals surface area contributed by atoms with Crippen LogP contribution in [0.3, 0.4) is 0 Å². The second-order valence-corrected chi connectivity index (χ2v) is 4.95. The van der Waals surface area contributed by atoms with Crippen LogP contribution in [-0.2, 0) is 0 Å². The number of aryl methyl sites for hydroxylation is 1. The van der Waals surface area contributed by atoms with Gasteiger partial charge in [-0.05, 0) is 61.4 Å². The van der Waals surface area contributed by atoms with Crippen molar-refractivity contribution in [2.75, 3.05) is 0 Å². The van der Waals surface area contributed by atoms with Crippen molar-refractivity contribution in [3.63, 3.8) is 0 Å². The lowest BCUT2D eigenvalue weighted by Gasteiger charge is -2.02. The highest BCUT2D eigenvalue weighted by Crippen LogP contribution is 2.18. The van der Waals surface area contributed by atoms with Gasteiger partial charge in [0.15, 0.2) is 0 Å². The molecular weight excluding hydrogens is 270 g/mol. The van der Waals surface area contributed by atoms with Gasteiger partial charge in [0.25, 0.3) is 0 Å². The van der Waals surface area contributed by atoms with E-state index in [1.165, 1.54) is 5.56 Å². The fraction of sp³-hybridized carbons (Fsp3) is 0.105. The van der Waals surface area contributed by atoms with Crippen molar-refractivity contribution in [2.24, 2.45) is 0 Å². The summed E-state index contributed by atoms with van der Waals surface area (Å²) in [6.45, 7) is 7.94. The van der Waals surface area contributed by atoms with Gasteiger partial charge in [-0.15, -0.1) is 0 Å². The molecule has 0 amide bonds. The largest absolute Gasteiger partial charge is 0.265 e. The Bertz CT molecular complexity index is 722. The summed E-state index contributed by atoms with van der Waals surface area (Å²) in [7, 11) is 0. The number of rotatable bonds is 2. The molecule has 3 heteroatoms. The SMILES string of the molecule is C=C(C)c1ccnc(-c2ccccn2)c1.Cc1ccncc1. The zero-order valence-corrected chi connectivity index (χ0v) is 12.9. The number of aromatic nitrogens is 3. The second-order valence-electron chi connectivity index (χ2n) is 4.95. The third kappa shape index (κ3) is 4.63. The van der Waals surface area contributed by atoms with Gasteiger partial charge >= 0.3 is 0 Å². The van der Waals surface area contributed by atoms with E-state index in [1.807, 2.05) is 56.3 Å². The van der Waals surface area contributed by atoms with Crippen molar-refractivity contribution in [1.29, 1.82) is 0 Å². The lowest BCUT2D eigenvalue weighted by Crippen LogP contribution is -1.88.